The maximum absolute atomic E-state index is 5.77. The van der Waals surface area contributed by atoms with E-state index in [0.717, 1.165) is 33.1 Å². The van der Waals surface area contributed by atoms with E-state index in [1.54, 1.807) is 0 Å². The maximum atomic E-state index is 5.77. The van der Waals surface area contributed by atoms with Crippen LogP contribution in [0, 0.1) is 6.92 Å². The predicted octanol–water partition coefficient (Wildman–Crippen LogP) is 2.80. The fourth-order valence-corrected chi connectivity index (χ4v) is 2.41. The van der Waals surface area contributed by atoms with Gasteiger partial charge in [-0.05, 0) is 35.0 Å². The Morgan fingerprint density at radius 3 is 2.89 bits per heavy atom. The SMILES string of the molecule is Cc1nn(C)c(COc2ccc3c(c2)OCO3)c1Br. The minimum absolute atomic E-state index is 0.269. The topological polar surface area (TPSA) is 45.5 Å². The van der Waals surface area contributed by atoms with Crippen LogP contribution in [-0.4, -0.2) is 16.6 Å². The summed E-state index contributed by atoms with van der Waals surface area (Å²) in [7, 11) is 1.90. The van der Waals surface area contributed by atoms with Crippen molar-refractivity contribution in [3.05, 3.63) is 34.1 Å². The van der Waals surface area contributed by atoms with E-state index >= 15 is 0 Å². The van der Waals surface area contributed by atoms with Gasteiger partial charge in [0, 0.05) is 13.1 Å². The lowest BCUT2D eigenvalue weighted by atomic mass is 10.3. The van der Waals surface area contributed by atoms with Crippen LogP contribution in [0.5, 0.6) is 17.2 Å². The average molecular weight is 325 g/mol. The van der Waals surface area contributed by atoms with Crippen molar-refractivity contribution in [1.82, 2.24) is 9.78 Å². The molecule has 0 saturated carbocycles. The zero-order chi connectivity index (χ0) is 13.4. The Hall–Kier alpha value is -1.69. The number of hydrogen-bond acceptors (Lipinski definition) is 4. The second-order valence-electron chi connectivity index (χ2n) is 4.27. The zero-order valence-electron chi connectivity index (χ0n) is 10.6. The van der Waals surface area contributed by atoms with Crippen LogP contribution in [0.25, 0.3) is 0 Å². The van der Waals surface area contributed by atoms with E-state index in [9.17, 15) is 0 Å². The van der Waals surface area contributed by atoms with Crippen molar-refractivity contribution in [2.24, 2.45) is 7.05 Å². The van der Waals surface area contributed by atoms with Crippen LogP contribution < -0.4 is 14.2 Å². The highest BCUT2D eigenvalue weighted by atomic mass is 79.9. The second-order valence-corrected chi connectivity index (χ2v) is 5.07. The van der Waals surface area contributed by atoms with Gasteiger partial charge in [-0.1, -0.05) is 0 Å². The van der Waals surface area contributed by atoms with Gasteiger partial charge >= 0.3 is 0 Å². The fraction of sp³-hybridized carbons (Fsp3) is 0.308. The molecule has 5 nitrogen and oxygen atoms in total. The molecule has 1 aliphatic heterocycles. The first-order valence-electron chi connectivity index (χ1n) is 5.85. The molecule has 2 aromatic rings. The fourth-order valence-electron chi connectivity index (χ4n) is 1.96. The molecule has 0 amide bonds. The lowest BCUT2D eigenvalue weighted by molar-refractivity contribution is 0.173. The molecule has 2 heterocycles. The predicted molar refractivity (Wildman–Crippen MR) is 72.5 cm³/mol. The number of aryl methyl sites for hydroxylation is 2. The van der Waals surface area contributed by atoms with E-state index in [0.29, 0.717) is 6.61 Å². The smallest absolute Gasteiger partial charge is 0.231 e. The molecule has 0 bridgehead atoms. The zero-order valence-corrected chi connectivity index (χ0v) is 12.2. The molecule has 0 spiro atoms. The lowest BCUT2D eigenvalue weighted by Crippen LogP contribution is -2.03. The summed E-state index contributed by atoms with van der Waals surface area (Å²) in [6.07, 6.45) is 0. The molecule has 0 atom stereocenters. The summed E-state index contributed by atoms with van der Waals surface area (Å²) < 4.78 is 19.1. The number of nitrogens with zero attached hydrogens (tertiary/aromatic N) is 2. The van der Waals surface area contributed by atoms with Gasteiger partial charge in [0.1, 0.15) is 12.4 Å². The highest BCUT2D eigenvalue weighted by Crippen LogP contribution is 2.35. The second kappa shape index (κ2) is 4.77. The van der Waals surface area contributed by atoms with Crippen molar-refractivity contribution in [2.75, 3.05) is 6.79 Å². The van der Waals surface area contributed by atoms with Crippen molar-refractivity contribution in [3.63, 3.8) is 0 Å². The number of halogens is 1. The van der Waals surface area contributed by atoms with Gasteiger partial charge in [-0.15, -0.1) is 0 Å². The molecule has 0 N–H and O–H groups in total. The first-order chi connectivity index (χ1) is 9.15. The number of ether oxygens (including phenoxy) is 3. The van der Waals surface area contributed by atoms with Crippen LogP contribution >= 0.6 is 15.9 Å². The molecular formula is C13H13BrN2O3. The standard InChI is InChI=1S/C13H13BrN2O3/c1-8-13(14)10(16(2)15-8)6-17-9-3-4-11-12(5-9)19-7-18-11/h3-5H,6-7H2,1-2H3. The van der Waals surface area contributed by atoms with Gasteiger partial charge in [-0.2, -0.15) is 5.10 Å². The summed E-state index contributed by atoms with van der Waals surface area (Å²) in [5.74, 6) is 2.22. The van der Waals surface area contributed by atoms with Gasteiger partial charge in [0.2, 0.25) is 6.79 Å². The summed E-state index contributed by atoms with van der Waals surface area (Å²) in [6.45, 7) is 2.66. The Morgan fingerprint density at radius 1 is 1.37 bits per heavy atom. The molecule has 1 aromatic heterocycles. The van der Waals surface area contributed by atoms with E-state index < -0.39 is 0 Å². The van der Waals surface area contributed by atoms with Crippen molar-refractivity contribution in [1.29, 1.82) is 0 Å². The first kappa shape index (κ1) is 12.3. The third kappa shape index (κ3) is 2.28. The van der Waals surface area contributed by atoms with E-state index in [4.69, 9.17) is 14.2 Å². The quantitative estimate of drug-likeness (QED) is 0.871. The third-order valence-electron chi connectivity index (χ3n) is 2.98. The molecule has 3 rings (SSSR count). The first-order valence-corrected chi connectivity index (χ1v) is 6.65. The summed E-state index contributed by atoms with van der Waals surface area (Å²) in [5.41, 5.74) is 1.95. The van der Waals surface area contributed by atoms with Crippen LogP contribution in [-0.2, 0) is 13.7 Å². The Kier molecular flexibility index (Phi) is 3.10. The minimum Gasteiger partial charge on any atom is -0.487 e. The average Bonchev–Trinajstić information content (AvgIpc) is 2.94. The Balaban J connectivity index is 1.76. The van der Waals surface area contributed by atoms with Crippen LogP contribution in [0.15, 0.2) is 22.7 Å². The van der Waals surface area contributed by atoms with Crippen LogP contribution in [0.3, 0.4) is 0 Å². The van der Waals surface area contributed by atoms with Crippen molar-refractivity contribution < 1.29 is 14.2 Å². The molecule has 100 valence electrons. The van der Waals surface area contributed by atoms with Gasteiger partial charge < -0.3 is 14.2 Å². The summed E-state index contributed by atoms with van der Waals surface area (Å²) >= 11 is 3.52. The summed E-state index contributed by atoms with van der Waals surface area (Å²) in [4.78, 5) is 0. The molecule has 19 heavy (non-hydrogen) atoms. The van der Waals surface area contributed by atoms with E-state index in [-0.39, 0.29) is 6.79 Å². The molecule has 0 unspecified atom stereocenters. The number of hydrogen-bond donors (Lipinski definition) is 0. The van der Waals surface area contributed by atoms with Crippen LogP contribution in [0.4, 0.5) is 0 Å². The highest BCUT2D eigenvalue weighted by molar-refractivity contribution is 9.10. The normalized spacial score (nSPS) is 12.8. The lowest BCUT2D eigenvalue weighted by Gasteiger charge is -2.07. The van der Waals surface area contributed by atoms with E-state index in [1.165, 1.54) is 0 Å². The van der Waals surface area contributed by atoms with Gasteiger partial charge in [0.25, 0.3) is 0 Å². The van der Waals surface area contributed by atoms with Gasteiger partial charge in [-0.25, -0.2) is 0 Å². The Bertz CT molecular complexity index is 625. The molecule has 1 aromatic carbocycles. The maximum Gasteiger partial charge on any atom is 0.231 e. The Morgan fingerprint density at radius 2 is 2.16 bits per heavy atom. The van der Waals surface area contributed by atoms with Crippen LogP contribution in [0.2, 0.25) is 0 Å². The molecule has 1 aliphatic rings. The van der Waals surface area contributed by atoms with E-state index in [2.05, 4.69) is 21.0 Å². The molecule has 0 saturated heterocycles. The molecular weight excluding hydrogens is 312 g/mol. The number of aromatic nitrogens is 2. The van der Waals surface area contributed by atoms with E-state index in [1.807, 2.05) is 36.9 Å². The molecule has 6 heteroatoms. The monoisotopic (exact) mass is 324 g/mol. The largest absolute Gasteiger partial charge is 0.487 e. The Labute approximate surface area is 119 Å². The van der Waals surface area contributed by atoms with Crippen molar-refractivity contribution >= 4 is 15.9 Å². The summed E-state index contributed by atoms with van der Waals surface area (Å²) in [5, 5.41) is 4.33. The third-order valence-corrected chi connectivity index (χ3v) is 4.01. The minimum atomic E-state index is 0.269. The number of rotatable bonds is 3. The van der Waals surface area contributed by atoms with Crippen molar-refractivity contribution in [3.8, 4) is 17.2 Å². The summed E-state index contributed by atoms with van der Waals surface area (Å²) in [6, 6.07) is 5.55. The highest BCUT2D eigenvalue weighted by Gasteiger charge is 2.15. The number of fused-ring (bicyclic) bond motifs is 1. The van der Waals surface area contributed by atoms with Gasteiger partial charge in [0.05, 0.1) is 15.9 Å². The number of benzene rings is 1. The van der Waals surface area contributed by atoms with Gasteiger partial charge in [-0.3, -0.25) is 4.68 Å². The molecule has 0 fully saturated rings. The molecule has 0 aliphatic carbocycles. The molecule has 0 radical (unpaired) electrons. The van der Waals surface area contributed by atoms with Gasteiger partial charge in [0.15, 0.2) is 11.5 Å². The van der Waals surface area contributed by atoms with Crippen molar-refractivity contribution in [2.45, 2.75) is 13.5 Å². The van der Waals surface area contributed by atoms with Crippen LogP contribution in [0.1, 0.15) is 11.4 Å².